The minimum absolute atomic E-state index is 0.0869. The van der Waals surface area contributed by atoms with Crippen LogP contribution >= 0.6 is 11.8 Å². The van der Waals surface area contributed by atoms with Crippen molar-refractivity contribution in [2.24, 2.45) is 0 Å². The Morgan fingerprint density at radius 1 is 1.26 bits per heavy atom. The first-order valence-corrected chi connectivity index (χ1v) is 9.62. The van der Waals surface area contributed by atoms with Crippen LogP contribution in [0.4, 0.5) is 0 Å². The molecule has 128 valence electrons. The number of thioether (sulfide) groups is 1. The molecule has 0 spiro atoms. The first-order valence-electron chi connectivity index (χ1n) is 8.22. The summed E-state index contributed by atoms with van der Waals surface area (Å²) in [6.07, 6.45) is 5.83. The molecule has 5 heteroatoms. The van der Waals surface area contributed by atoms with Crippen molar-refractivity contribution in [3.63, 3.8) is 0 Å². The molecule has 0 aliphatic carbocycles. The Labute approximate surface area is 143 Å². The van der Waals surface area contributed by atoms with E-state index >= 15 is 0 Å². The molecule has 0 aliphatic heterocycles. The Bertz CT molecular complexity index is 506. The SMILES string of the molecule is CCCCCNC(=O)C(CCSC)NC(=O)c1cccc(C)c1. The van der Waals surface area contributed by atoms with Crippen LogP contribution in [0.2, 0.25) is 0 Å². The lowest BCUT2D eigenvalue weighted by atomic mass is 10.1. The van der Waals surface area contributed by atoms with Crippen molar-refractivity contribution in [1.82, 2.24) is 10.6 Å². The molecule has 0 bridgehead atoms. The molecular formula is C18H28N2O2S. The average molecular weight is 337 g/mol. The first-order chi connectivity index (χ1) is 11.1. The van der Waals surface area contributed by atoms with Gasteiger partial charge in [-0.2, -0.15) is 11.8 Å². The summed E-state index contributed by atoms with van der Waals surface area (Å²) in [5.41, 5.74) is 1.63. The van der Waals surface area contributed by atoms with Crippen LogP contribution in [0.15, 0.2) is 24.3 Å². The van der Waals surface area contributed by atoms with E-state index in [1.165, 1.54) is 0 Å². The summed E-state index contributed by atoms with van der Waals surface area (Å²) in [5.74, 6) is 0.556. The van der Waals surface area contributed by atoms with Gasteiger partial charge >= 0.3 is 0 Å². The number of unbranched alkanes of at least 4 members (excludes halogenated alkanes) is 2. The third kappa shape index (κ3) is 7.55. The summed E-state index contributed by atoms with van der Waals surface area (Å²) in [4.78, 5) is 24.7. The highest BCUT2D eigenvalue weighted by atomic mass is 32.2. The number of hydrogen-bond acceptors (Lipinski definition) is 3. The molecule has 2 amide bonds. The van der Waals surface area contributed by atoms with Crippen molar-refractivity contribution in [1.29, 1.82) is 0 Å². The number of rotatable bonds is 10. The molecule has 0 aliphatic rings. The van der Waals surface area contributed by atoms with E-state index in [1.807, 2.05) is 31.4 Å². The van der Waals surface area contributed by atoms with Gasteiger partial charge in [0.25, 0.3) is 5.91 Å². The van der Waals surface area contributed by atoms with E-state index in [0.717, 1.165) is 30.6 Å². The second kappa shape index (κ2) is 11.1. The maximum atomic E-state index is 12.4. The number of hydrogen-bond donors (Lipinski definition) is 2. The third-order valence-electron chi connectivity index (χ3n) is 3.59. The maximum absolute atomic E-state index is 12.4. The van der Waals surface area contributed by atoms with Gasteiger partial charge in [-0.3, -0.25) is 9.59 Å². The number of amides is 2. The number of carbonyl (C=O) groups excluding carboxylic acids is 2. The number of carbonyl (C=O) groups is 2. The monoisotopic (exact) mass is 336 g/mol. The Kier molecular flexibility index (Phi) is 9.45. The summed E-state index contributed by atoms with van der Waals surface area (Å²) in [6.45, 7) is 4.75. The number of aryl methyl sites for hydroxylation is 1. The number of benzene rings is 1. The minimum atomic E-state index is -0.475. The van der Waals surface area contributed by atoms with Crippen LogP contribution < -0.4 is 10.6 Å². The second-order valence-corrected chi connectivity index (χ2v) is 6.66. The van der Waals surface area contributed by atoms with Crippen molar-refractivity contribution in [2.75, 3.05) is 18.6 Å². The predicted molar refractivity (Wildman–Crippen MR) is 98.0 cm³/mol. The largest absolute Gasteiger partial charge is 0.354 e. The molecule has 0 heterocycles. The molecule has 1 aromatic rings. The molecule has 1 unspecified atom stereocenters. The van der Waals surface area contributed by atoms with Crippen molar-refractivity contribution >= 4 is 23.6 Å². The standard InChI is InChI=1S/C18H28N2O2S/c1-4-5-6-11-19-18(22)16(10-12-23-3)20-17(21)15-9-7-8-14(2)13-15/h7-9,13,16H,4-6,10-12H2,1-3H3,(H,19,22)(H,20,21). The lowest BCUT2D eigenvalue weighted by Crippen LogP contribution is -2.47. The fourth-order valence-corrected chi connectivity index (χ4v) is 2.71. The highest BCUT2D eigenvalue weighted by molar-refractivity contribution is 7.98. The third-order valence-corrected chi connectivity index (χ3v) is 4.24. The van der Waals surface area contributed by atoms with Gasteiger partial charge in [0, 0.05) is 12.1 Å². The van der Waals surface area contributed by atoms with E-state index in [-0.39, 0.29) is 11.8 Å². The summed E-state index contributed by atoms with van der Waals surface area (Å²) in [5, 5.41) is 5.80. The van der Waals surface area contributed by atoms with Crippen LogP contribution in [0.5, 0.6) is 0 Å². The van der Waals surface area contributed by atoms with E-state index in [1.54, 1.807) is 17.8 Å². The summed E-state index contributed by atoms with van der Waals surface area (Å²) in [6, 6.07) is 6.93. The van der Waals surface area contributed by atoms with Crippen molar-refractivity contribution < 1.29 is 9.59 Å². The normalized spacial score (nSPS) is 11.8. The average Bonchev–Trinajstić information content (AvgIpc) is 2.55. The van der Waals surface area contributed by atoms with Crippen LogP contribution in [0.1, 0.15) is 48.5 Å². The molecule has 0 radical (unpaired) electrons. The van der Waals surface area contributed by atoms with Gasteiger partial charge in [0.1, 0.15) is 6.04 Å². The van der Waals surface area contributed by atoms with Gasteiger partial charge in [0.05, 0.1) is 0 Å². The fraction of sp³-hybridized carbons (Fsp3) is 0.556. The fourth-order valence-electron chi connectivity index (χ4n) is 2.24. The smallest absolute Gasteiger partial charge is 0.251 e. The predicted octanol–water partition coefficient (Wildman–Crippen LogP) is 3.15. The van der Waals surface area contributed by atoms with Crippen molar-refractivity contribution in [3.8, 4) is 0 Å². The van der Waals surface area contributed by atoms with Gasteiger partial charge in [-0.05, 0) is 43.9 Å². The van der Waals surface area contributed by atoms with E-state index in [0.29, 0.717) is 18.5 Å². The Hall–Kier alpha value is -1.49. The van der Waals surface area contributed by atoms with Crippen LogP contribution in [0.25, 0.3) is 0 Å². The molecule has 0 aromatic heterocycles. The summed E-state index contributed by atoms with van der Waals surface area (Å²) >= 11 is 1.67. The van der Waals surface area contributed by atoms with Gasteiger partial charge in [-0.15, -0.1) is 0 Å². The Morgan fingerprint density at radius 2 is 2.04 bits per heavy atom. The minimum Gasteiger partial charge on any atom is -0.354 e. The van der Waals surface area contributed by atoms with Crippen LogP contribution in [0, 0.1) is 6.92 Å². The molecule has 4 nitrogen and oxygen atoms in total. The lowest BCUT2D eigenvalue weighted by molar-refractivity contribution is -0.123. The number of nitrogens with one attached hydrogen (secondary N) is 2. The summed E-state index contributed by atoms with van der Waals surface area (Å²) < 4.78 is 0. The molecule has 0 saturated heterocycles. The molecule has 1 atom stereocenters. The van der Waals surface area contributed by atoms with Crippen molar-refractivity contribution in [2.45, 2.75) is 45.6 Å². The van der Waals surface area contributed by atoms with Crippen molar-refractivity contribution in [3.05, 3.63) is 35.4 Å². The Morgan fingerprint density at radius 3 is 2.70 bits per heavy atom. The molecule has 23 heavy (non-hydrogen) atoms. The maximum Gasteiger partial charge on any atom is 0.251 e. The van der Waals surface area contributed by atoms with Gasteiger partial charge < -0.3 is 10.6 Å². The zero-order valence-corrected chi connectivity index (χ0v) is 15.2. The van der Waals surface area contributed by atoms with E-state index in [2.05, 4.69) is 17.6 Å². The second-order valence-electron chi connectivity index (χ2n) is 5.68. The van der Waals surface area contributed by atoms with Gasteiger partial charge in [-0.1, -0.05) is 37.5 Å². The van der Waals surface area contributed by atoms with Crippen LogP contribution in [0.3, 0.4) is 0 Å². The van der Waals surface area contributed by atoms with Gasteiger partial charge in [0.2, 0.25) is 5.91 Å². The lowest BCUT2D eigenvalue weighted by Gasteiger charge is -2.18. The molecule has 0 fully saturated rings. The van der Waals surface area contributed by atoms with E-state index in [9.17, 15) is 9.59 Å². The molecule has 2 N–H and O–H groups in total. The molecule has 0 saturated carbocycles. The van der Waals surface area contributed by atoms with Gasteiger partial charge in [-0.25, -0.2) is 0 Å². The highest BCUT2D eigenvalue weighted by Crippen LogP contribution is 2.06. The topological polar surface area (TPSA) is 58.2 Å². The Balaban J connectivity index is 2.62. The zero-order valence-electron chi connectivity index (χ0n) is 14.4. The zero-order chi connectivity index (χ0) is 17.1. The highest BCUT2D eigenvalue weighted by Gasteiger charge is 2.20. The molecule has 1 aromatic carbocycles. The first kappa shape index (κ1) is 19.6. The quantitative estimate of drug-likeness (QED) is 0.645. The molecule has 1 rings (SSSR count). The van der Waals surface area contributed by atoms with E-state index in [4.69, 9.17) is 0 Å². The molecular weight excluding hydrogens is 308 g/mol. The van der Waals surface area contributed by atoms with Gasteiger partial charge in [0.15, 0.2) is 0 Å². The van der Waals surface area contributed by atoms with Crippen LogP contribution in [-0.4, -0.2) is 36.4 Å². The van der Waals surface area contributed by atoms with Crippen LogP contribution in [-0.2, 0) is 4.79 Å². The van der Waals surface area contributed by atoms with E-state index < -0.39 is 6.04 Å². The summed E-state index contributed by atoms with van der Waals surface area (Å²) in [7, 11) is 0.